The van der Waals surface area contributed by atoms with Crippen LogP contribution in [0.4, 0.5) is 0 Å². The van der Waals surface area contributed by atoms with Gasteiger partial charge in [0.25, 0.3) is 0 Å². The lowest BCUT2D eigenvalue weighted by Crippen LogP contribution is -1.99. The van der Waals surface area contributed by atoms with Crippen LogP contribution in [-0.2, 0) is 16.3 Å². The third-order valence-electron chi connectivity index (χ3n) is 1.23. The highest BCUT2D eigenvalue weighted by Crippen LogP contribution is 2.60. The van der Waals surface area contributed by atoms with Gasteiger partial charge in [0.05, 0.1) is 6.34 Å². The van der Waals surface area contributed by atoms with Gasteiger partial charge in [-0.05, 0) is 31.4 Å². The summed E-state index contributed by atoms with van der Waals surface area (Å²) in [7, 11) is 1.62. The third-order valence-corrected chi connectivity index (χ3v) is 6.94. The summed E-state index contributed by atoms with van der Waals surface area (Å²) in [5, 5.41) is 2.90. The van der Waals surface area contributed by atoms with E-state index in [0.29, 0.717) is 0 Å². The van der Waals surface area contributed by atoms with Crippen LogP contribution in [0.1, 0.15) is 20.3 Å². The first kappa shape index (κ1) is 14.2. The van der Waals surface area contributed by atoms with Crippen molar-refractivity contribution in [3.8, 4) is 0 Å². The van der Waals surface area contributed by atoms with Crippen LogP contribution in [0.3, 0.4) is 0 Å². The monoisotopic (exact) mass is 252 g/mol. The summed E-state index contributed by atoms with van der Waals surface area (Å²) in [6, 6.07) is 0. The number of nitrogens with one attached hydrogen (secondary N) is 1. The van der Waals surface area contributed by atoms with Gasteiger partial charge in [0.1, 0.15) is 0 Å². The molecule has 1 N–H and O–H groups in total. The van der Waals surface area contributed by atoms with Crippen LogP contribution in [0.2, 0.25) is 0 Å². The molecule has 0 aliphatic rings. The van der Waals surface area contributed by atoms with Crippen LogP contribution < -0.4 is 5.32 Å². The summed E-state index contributed by atoms with van der Waals surface area (Å²) >= 11 is 6.93. The molecule has 1 atom stereocenters. The second-order valence-corrected chi connectivity index (χ2v) is 9.03. The standard InChI is InChI=1S/C8H17N2OPS2/c1-4-6-9-8-10-12(13,11-3)14-7-5-2/h4,6,8H,5,7H2,1-3H3,(H,9,10,13)/b6-4-. The Morgan fingerprint density at radius 2 is 2.36 bits per heavy atom. The van der Waals surface area contributed by atoms with Crippen molar-refractivity contribution in [2.45, 2.75) is 20.3 Å². The average Bonchev–Trinajstić information content (AvgIpc) is 2.22. The second-order valence-electron chi connectivity index (χ2n) is 2.40. The number of hydrogen-bond donors (Lipinski definition) is 1. The van der Waals surface area contributed by atoms with E-state index in [0.717, 1.165) is 12.2 Å². The molecule has 0 aromatic rings. The lowest BCUT2D eigenvalue weighted by atomic mass is 10.6. The van der Waals surface area contributed by atoms with Gasteiger partial charge in [-0.2, -0.15) is 0 Å². The maximum atomic E-state index is 5.31. The molecule has 0 rings (SSSR count). The highest BCUT2D eigenvalue weighted by Gasteiger charge is 2.13. The summed E-state index contributed by atoms with van der Waals surface area (Å²) in [5.74, 6) is 0.992. The summed E-state index contributed by atoms with van der Waals surface area (Å²) in [6.45, 7) is 4.04. The zero-order chi connectivity index (χ0) is 10.9. The molecule has 0 aliphatic heterocycles. The molecule has 0 spiro atoms. The fraction of sp³-hybridized carbons (Fsp3) is 0.625. The van der Waals surface area contributed by atoms with Crippen LogP contribution in [0.25, 0.3) is 0 Å². The van der Waals surface area contributed by atoms with Gasteiger partial charge in [0.15, 0.2) is 0 Å². The molecule has 0 aromatic heterocycles. The zero-order valence-electron chi connectivity index (χ0n) is 8.77. The molecule has 0 bridgehead atoms. The van der Waals surface area contributed by atoms with Crippen molar-refractivity contribution in [1.29, 1.82) is 0 Å². The minimum absolute atomic E-state index is 0.992. The molecule has 0 amide bonds. The molecule has 0 saturated heterocycles. The third kappa shape index (κ3) is 6.60. The maximum Gasteiger partial charge on any atom is 0.232 e. The first-order valence-corrected chi connectivity index (χ1v) is 8.66. The van der Waals surface area contributed by atoms with Gasteiger partial charge in [-0.3, -0.25) is 0 Å². The lowest BCUT2D eigenvalue weighted by molar-refractivity contribution is 0.471. The first-order valence-electron chi connectivity index (χ1n) is 4.40. The molecule has 6 heteroatoms. The van der Waals surface area contributed by atoms with E-state index in [1.165, 1.54) is 0 Å². The van der Waals surface area contributed by atoms with Crippen LogP contribution >= 0.6 is 17.0 Å². The largest absolute Gasteiger partial charge is 0.353 e. The van der Waals surface area contributed by atoms with E-state index in [2.05, 4.69) is 17.0 Å². The number of nitrogens with zero attached hydrogens (tertiary/aromatic N) is 1. The summed E-state index contributed by atoms with van der Waals surface area (Å²) in [4.78, 5) is 0. The molecule has 0 aliphatic carbocycles. The number of hydrogen-bond acceptors (Lipinski definition) is 3. The van der Waals surface area contributed by atoms with E-state index in [-0.39, 0.29) is 0 Å². The Hall–Kier alpha value is 0.170. The molecule has 0 heterocycles. The van der Waals surface area contributed by atoms with Crippen molar-refractivity contribution in [2.75, 3.05) is 12.9 Å². The highest BCUT2D eigenvalue weighted by molar-refractivity contribution is 8.69. The van der Waals surface area contributed by atoms with Crippen molar-refractivity contribution in [1.82, 2.24) is 5.32 Å². The lowest BCUT2D eigenvalue weighted by Gasteiger charge is -2.12. The van der Waals surface area contributed by atoms with Crippen molar-refractivity contribution in [2.24, 2.45) is 4.76 Å². The molecule has 14 heavy (non-hydrogen) atoms. The molecule has 3 nitrogen and oxygen atoms in total. The Balaban J connectivity index is 4.10. The van der Waals surface area contributed by atoms with Gasteiger partial charge in [-0.1, -0.05) is 24.4 Å². The summed E-state index contributed by atoms with van der Waals surface area (Å²) in [6.07, 6.45) is 6.38. The van der Waals surface area contributed by atoms with Crippen LogP contribution in [0, 0.1) is 0 Å². The minimum Gasteiger partial charge on any atom is -0.353 e. The SMILES string of the molecule is C/C=C\NC=NP(=S)(OC)SCCC. The van der Waals surface area contributed by atoms with Gasteiger partial charge in [0.2, 0.25) is 5.62 Å². The fourth-order valence-corrected chi connectivity index (χ4v) is 4.18. The van der Waals surface area contributed by atoms with E-state index >= 15 is 0 Å². The molecule has 0 aromatic carbocycles. The second kappa shape index (κ2) is 8.48. The minimum atomic E-state index is -2.03. The summed E-state index contributed by atoms with van der Waals surface area (Å²) < 4.78 is 9.48. The Morgan fingerprint density at radius 1 is 1.64 bits per heavy atom. The first-order chi connectivity index (χ1) is 6.68. The van der Waals surface area contributed by atoms with Gasteiger partial charge in [-0.25, -0.2) is 4.76 Å². The van der Waals surface area contributed by atoms with Gasteiger partial charge >= 0.3 is 0 Å². The van der Waals surface area contributed by atoms with Crippen molar-refractivity contribution in [3.63, 3.8) is 0 Å². The molecular weight excluding hydrogens is 235 g/mol. The molecule has 0 fully saturated rings. The number of rotatable bonds is 7. The predicted octanol–water partition coefficient (Wildman–Crippen LogP) is 3.15. The van der Waals surface area contributed by atoms with Gasteiger partial charge in [-0.15, -0.1) is 0 Å². The Morgan fingerprint density at radius 3 is 2.86 bits per heavy atom. The van der Waals surface area contributed by atoms with Gasteiger partial charge in [0, 0.05) is 12.9 Å². The van der Waals surface area contributed by atoms with Crippen LogP contribution in [0.15, 0.2) is 17.0 Å². The Labute approximate surface area is 95.3 Å². The van der Waals surface area contributed by atoms with Crippen LogP contribution in [-0.4, -0.2) is 19.2 Å². The van der Waals surface area contributed by atoms with E-state index in [1.54, 1.807) is 31.0 Å². The van der Waals surface area contributed by atoms with Crippen molar-refractivity contribution in [3.05, 3.63) is 12.3 Å². The summed E-state index contributed by atoms with van der Waals surface area (Å²) in [5.41, 5.74) is -2.03. The van der Waals surface area contributed by atoms with Crippen LogP contribution in [0.5, 0.6) is 0 Å². The van der Waals surface area contributed by atoms with Crippen molar-refractivity contribution >= 4 is 35.1 Å². The van der Waals surface area contributed by atoms with E-state index in [1.807, 2.05) is 13.0 Å². The Bertz CT molecular complexity index is 243. The topological polar surface area (TPSA) is 33.6 Å². The predicted molar refractivity (Wildman–Crippen MR) is 70.5 cm³/mol. The van der Waals surface area contributed by atoms with Gasteiger partial charge < -0.3 is 9.84 Å². The molecular formula is C8H17N2OPS2. The fourth-order valence-electron chi connectivity index (χ4n) is 0.583. The van der Waals surface area contributed by atoms with Crippen molar-refractivity contribution < 1.29 is 4.52 Å². The molecule has 1 unspecified atom stereocenters. The molecule has 0 saturated carbocycles. The van der Waals surface area contributed by atoms with E-state index in [9.17, 15) is 0 Å². The quantitative estimate of drug-likeness (QED) is 0.429. The van der Waals surface area contributed by atoms with E-state index < -0.39 is 5.62 Å². The average molecular weight is 252 g/mol. The van der Waals surface area contributed by atoms with E-state index in [4.69, 9.17) is 16.3 Å². The smallest absolute Gasteiger partial charge is 0.232 e. The molecule has 82 valence electrons. The normalized spacial score (nSPS) is 16.2. The maximum absolute atomic E-state index is 5.31. The Kier molecular flexibility index (Phi) is 8.58. The zero-order valence-corrected chi connectivity index (χ0v) is 11.3. The number of allylic oxidation sites excluding steroid dienone is 1. The highest BCUT2D eigenvalue weighted by atomic mass is 32.9. The molecule has 0 radical (unpaired) electrons.